The molecule has 0 aliphatic rings. The lowest BCUT2D eigenvalue weighted by atomic mass is 10.2. The molecule has 10 heteroatoms. The quantitative estimate of drug-likeness (QED) is 0.377. The summed E-state index contributed by atoms with van der Waals surface area (Å²) in [6, 6.07) is 12.4. The minimum atomic E-state index is -0.502. The van der Waals surface area contributed by atoms with Crippen LogP contribution in [0.5, 0.6) is 5.75 Å². The summed E-state index contributed by atoms with van der Waals surface area (Å²) in [5.74, 6) is -0.0355. The van der Waals surface area contributed by atoms with Crippen LogP contribution < -0.4 is 16.7 Å². The number of aryl methyl sites for hydroxylation is 1. The third kappa shape index (κ3) is 3.82. The van der Waals surface area contributed by atoms with Crippen LogP contribution in [0.2, 0.25) is 0 Å². The number of hydrogen-bond acceptors (Lipinski definition) is 6. The Bertz CT molecular complexity index is 1420. The van der Waals surface area contributed by atoms with E-state index in [0.717, 1.165) is 10.1 Å². The summed E-state index contributed by atoms with van der Waals surface area (Å²) in [4.78, 5) is 29.6. The number of aromatic hydroxyl groups is 1. The summed E-state index contributed by atoms with van der Waals surface area (Å²) < 4.78 is 17.2. The van der Waals surface area contributed by atoms with Gasteiger partial charge in [-0.2, -0.15) is 10.1 Å². The van der Waals surface area contributed by atoms with E-state index in [1.807, 2.05) is 0 Å². The number of imidazole rings is 1. The van der Waals surface area contributed by atoms with E-state index in [-0.39, 0.29) is 35.2 Å². The van der Waals surface area contributed by atoms with Gasteiger partial charge in [0.25, 0.3) is 5.56 Å². The SMILES string of the molecule is Cn1c(=O)c2c(nc(N/N=C/c3cccc(O)c3)n2Cc2ccc(F)cc2)n(C)c1=O. The van der Waals surface area contributed by atoms with Gasteiger partial charge in [0.1, 0.15) is 11.6 Å². The second-order valence-corrected chi connectivity index (χ2v) is 6.99. The van der Waals surface area contributed by atoms with Crippen molar-refractivity contribution < 1.29 is 9.50 Å². The van der Waals surface area contributed by atoms with Crippen molar-refractivity contribution in [3.8, 4) is 5.75 Å². The molecule has 0 fully saturated rings. The lowest BCUT2D eigenvalue weighted by Crippen LogP contribution is -2.37. The van der Waals surface area contributed by atoms with Crippen LogP contribution in [0.25, 0.3) is 11.2 Å². The number of fused-ring (bicyclic) bond motifs is 1. The molecule has 0 unspecified atom stereocenters. The molecular weight excluding hydrogens is 403 g/mol. The summed E-state index contributed by atoms with van der Waals surface area (Å²) in [5, 5.41) is 13.7. The van der Waals surface area contributed by atoms with Crippen LogP contribution in [0.15, 0.2) is 63.2 Å². The fourth-order valence-electron chi connectivity index (χ4n) is 3.23. The van der Waals surface area contributed by atoms with Gasteiger partial charge in [0.15, 0.2) is 11.2 Å². The van der Waals surface area contributed by atoms with Crippen molar-refractivity contribution in [2.45, 2.75) is 6.54 Å². The number of phenols is 1. The van der Waals surface area contributed by atoms with Gasteiger partial charge in [0.05, 0.1) is 12.8 Å². The van der Waals surface area contributed by atoms with Crippen LogP contribution in [0.3, 0.4) is 0 Å². The van der Waals surface area contributed by atoms with E-state index >= 15 is 0 Å². The molecule has 0 amide bonds. The Morgan fingerprint density at radius 3 is 2.58 bits per heavy atom. The summed E-state index contributed by atoms with van der Waals surface area (Å²) >= 11 is 0. The number of phenolic OH excluding ortho intramolecular Hbond substituents is 1. The number of halogens is 1. The lowest BCUT2D eigenvalue weighted by Gasteiger charge is -2.09. The standard InChI is InChI=1S/C21H19FN6O3/c1-26-18-17(19(30)27(2)21(26)31)28(12-13-6-8-15(22)9-7-13)20(24-18)25-23-11-14-4-3-5-16(29)10-14/h3-11,29H,12H2,1-2H3,(H,24,25)/b23-11+. The first-order valence-electron chi connectivity index (χ1n) is 9.34. The fourth-order valence-corrected chi connectivity index (χ4v) is 3.23. The molecule has 31 heavy (non-hydrogen) atoms. The molecule has 0 aliphatic heterocycles. The Kier molecular flexibility index (Phi) is 5.12. The summed E-state index contributed by atoms with van der Waals surface area (Å²) in [5.41, 5.74) is 3.59. The number of nitrogens with one attached hydrogen (secondary N) is 1. The van der Waals surface area contributed by atoms with Crippen LogP contribution in [0, 0.1) is 5.82 Å². The Labute approximate surface area is 175 Å². The molecule has 2 aromatic carbocycles. The molecular formula is C21H19FN6O3. The van der Waals surface area contributed by atoms with E-state index in [1.165, 1.54) is 43.1 Å². The summed E-state index contributed by atoms with van der Waals surface area (Å²) in [6.45, 7) is 0.203. The molecule has 9 nitrogen and oxygen atoms in total. The molecule has 4 aromatic rings. The number of hydrogen-bond donors (Lipinski definition) is 2. The van der Waals surface area contributed by atoms with Crippen LogP contribution >= 0.6 is 0 Å². The second-order valence-electron chi connectivity index (χ2n) is 6.99. The molecule has 4 rings (SSSR count). The van der Waals surface area contributed by atoms with Gasteiger partial charge in [0, 0.05) is 14.1 Å². The summed E-state index contributed by atoms with van der Waals surface area (Å²) in [7, 11) is 2.92. The van der Waals surface area contributed by atoms with E-state index in [0.29, 0.717) is 5.56 Å². The Morgan fingerprint density at radius 2 is 1.87 bits per heavy atom. The lowest BCUT2D eigenvalue weighted by molar-refractivity contribution is 0.475. The van der Waals surface area contributed by atoms with Gasteiger partial charge in [-0.05, 0) is 35.4 Å². The fraction of sp³-hybridized carbons (Fsp3) is 0.143. The van der Waals surface area contributed by atoms with E-state index < -0.39 is 11.2 Å². The van der Waals surface area contributed by atoms with E-state index in [2.05, 4.69) is 15.5 Å². The highest BCUT2D eigenvalue weighted by Gasteiger charge is 2.19. The van der Waals surface area contributed by atoms with Crippen LogP contribution in [-0.4, -0.2) is 30.0 Å². The maximum Gasteiger partial charge on any atom is 0.332 e. The molecule has 0 saturated carbocycles. The Balaban J connectivity index is 1.82. The zero-order chi connectivity index (χ0) is 22.1. The first-order chi connectivity index (χ1) is 14.8. The van der Waals surface area contributed by atoms with Crippen LogP contribution in [0.4, 0.5) is 10.3 Å². The van der Waals surface area contributed by atoms with Crippen molar-refractivity contribution in [2.24, 2.45) is 19.2 Å². The average Bonchev–Trinajstić information content (AvgIpc) is 3.11. The second kappa shape index (κ2) is 7.90. The first kappa shape index (κ1) is 20.1. The minimum Gasteiger partial charge on any atom is -0.508 e. The molecule has 158 valence electrons. The highest BCUT2D eigenvalue weighted by molar-refractivity contribution is 5.81. The van der Waals surface area contributed by atoms with Crippen molar-refractivity contribution in [3.63, 3.8) is 0 Å². The molecule has 2 heterocycles. The van der Waals surface area contributed by atoms with Crippen molar-refractivity contribution in [1.82, 2.24) is 18.7 Å². The number of benzene rings is 2. The molecule has 0 bridgehead atoms. The van der Waals surface area contributed by atoms with E-state index in [4.69, 9.17) is 0 Å². The van der Waals surface area contributed by atoms with E-state index in [9.17, 15) is 19.1 Å². The third-order valence-corrected chi connectivity index (χ3v) is 4.85. The number of aromatic nitrogens is 4. The van der Waals surface area contributed by atoms with Gasteiger partial charge in [-0.3, -0.25) is 18.5 Å². The van der Waals surface area contributed by atoms with Gasteiger partial charge in [-0.1, -0.05) is 24.3 Å². The monoisotopic (exact) mass is 422 g/mol. The molecule has 0 saturated heterocycles. The van der Waals surface area contributed by atoms with Crippen molar-refractivity contribution in [3.05, 3.63) is 86.3 Å². The average molecular weight is 422 g/mol. The zero-order valence-electron chi connectivity index (χ0n) is 16.8. The van der Waals surface area contributed by atoms with Crippen molar-refractivity contribution >= 4 is 23.3 Å². The number of nitrogens with zero attached hydrogens (tertiary/aromatic N) is 5. The van der Waals surface area contributed by atoms with Crippen LogP contribution in [0.1, 0.15) is 11.1 Å². The third-order valence-electron chi connectivity index (χ3n) is 4.85. The zero-order valence-corrected chi connectivity index (χ0v) is 16.8. The molecule has 2 aromatic heterocycles. The topological polar surface area (TPSA) is 106 Å². The minimum absolute atomic E-state index is 0.103. The maximum atomic E-state index is 13.3. The number of anilines is 1. The smallest absolute Gasteiger partial charge is 0.332 e. The molecule has 0 spiro atoms. The van der Waals surface area contributed by atoms with Crippen molar-refractivity contribution in [1.29, 1.82) is 0 Å². The van der Waals surface area contributed by atoms with Crippen molar-refractivity contribution in [2.75, 3.05) is 5.43 Å². The first-order valence-corrected chi connectivity index (χ1v) is 9.34. The van der Waals surface area contributed by atoms with Gasteiger partial charge >= 0.3 is 5.69 Å². The maximum absolute atomic E-state index is 13.3. The Morgan fingerprint density at radius 1 is 1.13 bits per heavy atom. The molecule has 0 atom stereocenters. The largest absolute Gasteiger partial charge is 0.508 e. The van der Waals surface area contributed by atoms with Gasteiger partial charge in [-0.25, -0.2) is 14.6 Å². The van der Waals surface area contributed by atoms with Crippen LogP contribution in [-0.2, 0) is 20.6 Å². The van der Waals surface area contributed by atoms with Gasteiger partial charge in [-0.15, -0.1) is 0 Å². The number of rotatable bonds is 5. The number of hydrazone groups is 1. The van der Waals surface area contributed by atoms with E-state index in [1.54, 1.807) is 34.9 Å². The molecule has 2 N–H and O–H groups in total. The van der Waals surface area contributed by atoms with Gasteiger partial charge in [0.2, 0.25) is 5.95 Å². The predicted molar refractivity (Wildman–Crippen MR) is 115 cm³/mol. The predicted octanol–water partition coefficient (Wildman–Crippen LogP) is 1.77. The summed E-state index contributed by atoms with van der Waals surface area (Å²) in [6.07, 6.45) is 1.48. The highest BCUT2D eigenvalue weighted by atomic mass is 19.1. The molecule has 0 aliphatic carbocycles. The highest BCUT2D eigenvalue weighted by Crippen LogP contribution is 2.18. The molecule has 0 radical (unpaired) electrons. The Hall–Kier alpha value is -4.21. The normalized spacial score (nSPS) is 11.5. The van der Waals surface area contributed by atoms with Gasteiger partial charge < -0.3 is 5.11 Å².